The number of para-hydroxylation sites is 1. The van der Waals surface area contributed by atoms with E-state index in [2.05, 4.69) is 10.1 Å². The largest absolute Gasteiger partial charge is 0.455 e. The number of hydrogen-bond donors (Lipinski definition) is 1. The average Bonchev–Trinajstić information content (AvgIpc) is 3.17. The lowest BCUT2D eigenvalue weighted by atomic mass is 10.1. The Labute approximate surface area is 156 Å². The first-order valence-corrected chi connectivity index (χ1v) is 8.16. The second-order valence-electron chi connectivity index (χ2n) is 5.84. The Morgan fingerprint density at radius 1 is 1.04 bits per heavy atom. The summed E-state index contributed by atoms with van der Waals surface area (Å²) in [5.74, 6) is 0.781. The Morgan fingerprint density at radius 3 is 2.54 bits per heavy atom. The van der Waals surface area contributed by atoms with Gasteiger partial charge in [0, 0.05) is 17.7 Å². The summed E-state index contributed by atoms with van der Waals surface area (Å²) in [5.41, 5.74) is -0.153. The van der Waals surface area contributed by atoms with Crippen LogP contribution in [0.15, 0.2) is 79.8 Å². The molecule has 0 bridgehead atoms. The fourth-order valence-electron chi connectivity index (χ4n) is 2.70. The SMILES string of the molecule is O=c1[nH]c2ccccc2c(=O)n1N=Cc1ccc(-c2ccc([N+](=O)[O-])cc2)o1. The predicted octanol–water partition coefficient (Wildman–Crippen LogP) is 2.74. The van der Waals surface area contributed by atoms with Crippen LogP contribution in [0.5, 0.6) is 0 Å². The van der Waals surface area contributed by atoms with Gasteiger partial charge in [-0.2, -0.15) is 5.10 Å². The van der Waals surface area contributed by atoms with Gasteiger partial charge in [0.1, 0.15) is 11.5 Å². The highest BCUT2D eigenvalue weighted by Crippen LogP contribution is 2.24. The Bertz CT molecular complexity index is 1330. The highest BCUT2D eigenvalue weighted by molar-refractivity contribution is 5.79. The lowest BCUT2D eigenvalue weighted by molar-refractivity contribution is -0.384. The summed E-state index contributed by atoms with van der Waals surface area (Å²) in [5, 5.41) is 15.0. The van der Waals surface area contributed by atoms with Crippen LogP contribution in [0.2, 0.25) is 0 Å². The van der Waals surface area contributed by atoms with Crippen molar-refractivity contribution < 1.29 is 9.34 Å². The van der Waals surface area contributed by atoms with Crippen molar-refractivity contribution in [3.05, 3.63) is 97.4 Å². The molecule has 138 valence electrons. The quantitative estimate of drug-likeness (QED) is 0.333. The molecule has 1 N–H and O–H groups in total. The van der Waals surface area contributed by atoms with Crippen LogP contribution in [0.3, 0.4) is 0 Å². The van der Waals surface area contributed by atoms with Crippen LogP contribution in [0, 0.1) is 10.1 Å². The van der Waals surface area contributed by atoms with Crippen LogP contribution < -0.4 is 11.2 Å². The number of fused-ring (bicyclic) bond motifs is 1. The molecule has 0 atom stereocenters. The lowest BCUT2D eigenvalue weighted by Crippen LogP contribution is -2.32. The van der Waals surface area contributed by atoms with E-state index in [0.29, 0.717) is 28.0 Å². The molecule has 0 spiro atoms. The zero-order chi connectivity index (χ0) is 19.7. The minimum atomic E-state index is -0.665. The Morgan fingerprint density at radius 2 is 1.79 bits per heavy atom. The Hall–Kier alpha value is -4.27. The molecule has 0 unspecified atom stereocenters. The zero-order valence-electron chi connectivity index (χ0n) is 14.2. The number of H-pyrrole nitrogens is 1. The summed E-state index contributed by atoms with van der Waals surface area (Å²) in [6, 6.07) is 15.8. The molecule has 0 aliphatic rings. The fourth-order valence-corrected chi connectivity index (χ4v) is 2.70. The van der Waals surface area contributed by atoms with Gasteiger partial charge >= 0.3 is 5.69 Å². The van der Waals surface area contributed by atoms with E-state index in [1.165, 1.54) is 18.3 Å². The molecule has 0 aliphatic heterocycles. The molecule has 0 saturated heterocycles. The van der Waals surface area contributed by atoms with Gasteiger partial charge in [-0.05, 0) is 36.4 Å². The standard InChI is InChI=1S/C19H12N4O5/c24-18-15-3-1-2-4-16(15)21-19(25)22(18)20-11-14-9-10-17(28-14)12-5-7-13(8-6-12)23(26)27/h1-11H,(H,21,25). The van der Waals surface area contributed by atoms with Crippen LogP contribution in [0.1, 0.15) is 5.76 Å². The molecule has 0 radical (unpaired) electrons. The van der Waals surface area contributed by atoms with Gasteiger partial charge in [0.2, 0.25) is 0 Å². The summed E-state index contributed by atoms with van der Waals surface area (Å²) in [4.78, 5) is 37.3. The van der Waals surface area contributed by atoms with Crippen LogP contribution in [0.25, 0.3) is 22.2 Å². The van der Waals surface area contributed by atoms with E-state index in [9.17, 15) is 19.7 Å². The number of nitrogens with zero attached hydrogens (tertiary/aromatic N) is 3. The van der Waals surface area contributed by atoms with E-state index < -0.39 is 16.2 Å². The van der Waals surface area contributed by atoms with E-state index in [4.69, 9.17) is 4.42 Å². The number of aromatic nitrogens is 2. The molecule has 28 heavy (non-hydrogen) atoms. The third-order valence-electron chi connectivity index (χ3n) is 4.07. The van der Waals surface area contributed by atoms with Crippen molar-refractivity contribution in [1.29, 1.82) is 0 Å². The second-order valence-corrected chi connectivity index (χ2v) is 5.84. The second kappa shape index (κ2) is 6.80. The van der Waals surface area contributed by atoms with Gasteiger partial charge in [-0.3, -0.25) is 14.9 Å². The first-order chi connectivity index (χ1) is 13.5. The molecule has 9 nitrogen and oxygen atoms in total. The number of nitro groups is 1. The van der Waals surface area contributed by atoms with Crippen molar-refractivity contribution in [3.8, 4) is 11.3 Å². The molecular formula is C19H12N4O5. The summed E-state index contributed by atoms with van der Waals surface area (Å²) in [6.07, 6.45) is 1.25. The summed E-state index contributed by atoms with van der Waals surface area (Å²) < 4.78 is 6.33. The highest BCUT2D eigenvalue weighted by atomic mass is 16.6. The summed E-state index contributed by atoms with van der Waals surface area (Å²) in [6.45, 7) is 0. The molecule has 2 aromatic heterocycles. The first kappa shape index (κ1) is 17.2. The number of aromatic amines is 1. The van der Waals surface area contributed by atoms with Crippen LogP contribution in [-0.4, -0.2) is 20.8 Å². The number of nitro benzene ring substituents is 1. The van der Waals surface area contributed by atoms with E-state index in [1.54, 1.807) is 48.5 Å². The van der Waals surface area contributed by atoms with Crippen molar-refractivity contribution in [1.82, 2.24) is 9.66 Å². The van der Waals surface area contributed by atoms with Gasteiger partial charge in [-0.25, -0.2) is 4.79 Å². The Kier molecular flexibility index (Phi) is 4.17. The van der Waals surface area contributed by atoms with Gasteiger partial charge in [-0.1, -0.05) is 12.1 Å². The molecular weight excluding hydrogens is 364 g/mol. The van der Waals surface area contributed by atoms with Gasteiger partial charge in [-0.15, -0.1) is 4.68 Å². The maximum Gasteiger partial charge on any atom is 0.349 e. The molecule has 4 aromatic rings. The molecule has 4 rings (SSSR count). The van der Waals surface area contributed by atoms with Crippen molar-refractivity contribution in [3.63, 3.8) is 0 Å². The minimum Gasteiger partial charge on any atom is -0.455 e. The van der Waals surface area contributed by atoms with Crippen molar-refractivity contribution in [2.45, 2.75) is 0 Å². The molecule has 0 fully saturated rings. The average molecular weight is 376 g/mol. The van der Waals surface area contributed by atoms with Gasteiger partial charge in [0.15, 0.2) is 0 Å². The smallest absolute Gasteiger partial charge is 0.349 e. The fraction of sp³-hybridized carbons (Fsp3) is 0. The van der Waals surface area contributed by atoms with Crippen LogP contribution in [0.4, 0.5) is 5.69 Å². The molecule has 0 saturated carbocycles. The molecule has 2 heterocycles. The number of furan rings is 1. The third-order valence-corrected chi connectivity index (χ3v) is 4.07. The monoisotopic (exact) mass is 376 g/mol. The number of rotatable bonds is 4. The van der Waals surface area contributed by atoms with Crippen molar-refractivity contribution >= 4 is 22.8 Å². The molecule has 0 aliphatic carbocycles. The highest BCUT2D eigenvalue weighted by Gasteiger charge is 2.09. The maximum absolute atomic E-state index is 12.4. The number of hydrogen-bond acceptors (Lipinski definition) is 6. The van der Waals surface area contributed by atoms with Gasteiger partial charge < -0.3 is 9.40 Å². The van der Waals surface area contributed by atoms with Crippen LogP contribution in [-0.2, 0) is 0 Å². The summed E-state index contributed by atoms with van der Waals surface area (Å²) in [7, 11) is 0. The molecule has 0 amide bonds. The van der Waals surface area contributed by atoms with E-state index >= 15 is 0 Å². The normalized spacial score (nSPS) is 11.3. The minimum absolute atomic E-state index is 0.0213. The lowest BCUT2D eigenvalue weighted by Gasteiger charge is -2.00. The van der Waals surface area contributed by atoms with Gasteiger partial charge in [0.05, 0.1) is 22.0 Å². The van der Waals surface area contributed by atoms with Crippen molar-refractivity contribution in [2.24, 2.45) is 5.10 Å². The first-order valence-electron chi connectivity index (χ1n) is 8.16. The van der Waals surface area contributed by atoms with Crippen LogP contribution >= 0.6 is 0 Å². The van der Waals surface area contributed by atoms with E-state index in [1.807, 2.05) is 0 Å². The zero-order valence-corrected chi connectivity index (χ0v) is 14.2. The molecule has 9 heteroatoms. The number of nitrogens with one attached hydrogen (secondary N) is 1. The van der Waals surface area contributed by atoms with Crippen molar-refractivity contribution in [2.75, 3.05) is 0 Å². The maximum atomic E-state index is 12.4. The topological polar surface area (TPSA) is 124 Å². The van der Waals surface area contributed by atoms with E-state index in [0.717, 1.165) is 4.68 Å². The number of benzene rings is 2. The number of non-ortho nitro benzene ring substituents is 1. The molecule has 2 aromatic carbocycles. The third kappa shape index (κ3) is 3.12. The van der Waals surface area contributed by atoms with E-state index in [-0.39, 0.29) is 5.69 Å². The van der Waals surface area contributed by atoms with Gasteiger partial charge in [0.25, 0.3) is 11.2 Å². The predicted molar refractivity (Wildman–Crippen MR) is 103 cm³/mol. The Balaban J connectivity index is 1.65. The summed E-state index contributed by atoms with van der Waals surface area (Å²) >= 11 is 0.